The van der Waals surface area contributed by atoms with Gasteiger partial charge in [0.05, 0.1) is 11.8 Å². The largest absolute Gasteiger partial charge is 0.472 e. The summed E-state index contributed by atoms with van der Waals surface area (Å²) in [5, 5.41) is 9.50. The molecule has 0 radical (unpaired) electrons. The highest BCUT2D eigenvalue weighted by Crippen LogP contribution is 2.15. The molecule has 1 aromatic rings. The van der Waals surface area contributed by atoms with Crippen molar-refractivity contribution in [3.05, 3.63) is 30.4 Å². The molecule has 0 aromatic carbocycles. The number of hydrogen-bond donors (Lipinski definition) is 2. The van der Waals surface area contributed by atoms with Gasteiger partial charge in [-0.15, -0.1) is 0 Å². The standard InChI is InChI=1S/C6H7N3O/c1-2-10-6(7-1)5-3-8-9-4-5/h1-4,6-7H,(H,8,9). The lowest BCUT2D eigenvalue weighted by atomic mass is 10.3. The first-order chi connectivity index (χ1) is 4.97. The van der Waals surface area contributed by atoms with Crippen molar-refractivity contribution in [1.82, 2.24) is 15.5 Å². The molecule has 2 rings (SSSR count). The van der Waals surface area contributed by atoms with E-state index in [9.17, 15) is 0 Å². The van der Waals surface area contributed by atoms with Crippen LogP contribution in [0, 0.1) is 0 Å². The summed E-state index contributed by atoms with van der Waals surface area (Å²) in [6, 6.07) is 0. The third-order valence-corrected chi connectivity index (χ3v) is 1.35. The highest BCUT2D eigenvalue weighted by atomic mass is 16.5. The van der Waals surface area contributed by atoms with Gasteiger partial charge in [0.15, 0.2) is 6.23 Å². The molecule has 0 bridgehead atoms. The van der Waals surface area contributed by atoms with Crippen LogP contribution in [0.25, 0.3) is 0 Å². The molecule has 0 saturated carbocycles. The second kappa shape index (κ2) is 2.06. The fraction of sp³-hybridized carbons (Fsp3) is 0.167. The van der Waals surface area contributed by atoms with Gasteiger partial charge in [0.1, 0.15) is 6.26 Å². The molecule has 0 spiro atoms. The molecule has 4 nitrogen and oxygen atoms in total. The molecule has 4 heteroatoms. The maximum atomic E-state index is 5.15. The van der Waals surface area contributed by atoms with Gasteiger partial charge in [-0.3, -0.25) is 5.10 Å². The van der Waals surface area contributed by atoms with E-state index in [-0.39, 0.29) is 6.23 Å². The minimum absolute atomic E-state index is 0.0567. The highest BCUT2D eigenvalue weighted by Gasteiger charge is 2.12. The number of ether oxygens (including phenoxy) is 1. The Kier molecular flexibility index (Phi) is 1.10. The Balaban J connectivity index is 2.14. The second-order valence-electron chi connectivity index (χ2n) is 2.02. The van der Waals surface area contributed by atoms with E-state index < -0.39 is 0 Å². The second-order valence-corrected chi connectivity index (χ2v) is 2.02. The van der Waals surface area contributed by atoms with Crippen LogP contribution in [0.15, 0.2) is 24.9 Å². The first-order valence-electron chi connectivity index (χ1n) is 3.02. The maximum absolute atomic E-state index is 5.15. The topological polar surface area (TPSA) is 49.9 Å². The molecule has 0 fully saturated rings. The third kappa shape index (κ3) is 0.737. The number of H-pyrrole nitrogens is 1. The van der Waals surface area contributed by atoms with Crippen LogP contribution in [0.1, 0.15) is 11.8 Å². The predicted molar refractivity (Wildman–Crippen MR) is 34.7 cm³/mol. The molecule has 1 aliphatic heterocycles. The van der Waals surface area contributed by atoms with Gasteiger partial charge >= 0.3 is 0 Å². The zero-order valence-corrected chi connectivity index (χ0v) is 5.24. The van der Waals surface area contributed by atoms with Gasteiger partial charge in [0.2, 0.25) is 0 Å². The molecular weight excluding hydrogens is 130 g/mol. The van der Waals surface area contributed by atoms with Crippen molar-refractivity contribution in [2.75, 3.05) is 0 Å². The number of nitrogens with zero attached hydrogens (tertiary/aromatic N) is 1. The van der Waals surface area contributed by atoms with E-state index in [4.69, 9.17) is 4.74 Å². The Morgan fingerprint density at radius 2 is 2.60 bits per heavy atom. The van der Waals surface area contributed by atoms with E-state index in [1.165, 1.54) is 0 Å². The first-order valence-corrected chi connectivity index (χ1v) is 3.02. The molecule has 1 unspecified atom stereocenters. The summed E-state index contributed by atoms with van der Waals surface area (Å²) < 4.78 is 5.15. The fourth-order valence-electron chi connectivity index (χ4n) is 0.863. The van der Waals surface area contributed by atoms with Gasteiger partial charge in [-0.05, 0) is 0 Å². The zero-order valence-electron chi connectivity index (χ0n) is 5.24. The molecule has 1 aromatic heterocycles. The SMILES string of the molecule is C1=COC(c2cn[nH]c2)N1. The van der Waals surface area contributed by atoms with Crippen LogP contribution in [0.5, 0.6) is 0 Å². The van der Waals surface area contributed by atoms with E-state index in [1.807, 2.05) is 0 Å². The van der Waals surface area contributed by atoms with Crippen LogP contribution < -0.4 is 5.32 Å². The minimum Gasteiger partial charge on any atom is -0.472 e. The number of aromatic amines is 1. The van der Waals surface area contributed by atoms with Crippen molar-refractivity contribution >= 4 is 0 Å². The van der Waals surface area contributed by atoms with Gasteiger partial charge in [-0.1, -0.05) is 0 Å². The average Bonchev–Trinajstić information content (AvgIpc) is 2.59. The number of aromatic nitrogens is 2. The molecule has 1 atom stereocenters. The molecule has 0 amide bonds. The zero-order chi connectivity index (χ0) is 6.81. The van der Waals surface area contributed by atoms with E-state index in [0.717, 1.165) is 5.56 Å². The van der Waals surface area contributed by atoms with Crippen molar-refractivity contribution in [3.63, 3.8) is 0 Å². The van der Waals surface area contributed by atoms with Crippen molar-refractivity contribution in [3.8, 4) is 0 Å². The van der Waals surface area contributed by atoms with Crippen LogP contribution in [0.3, 0.4) is 0 Å². The van der Waals surface area contributed by atoms with E-state index >= 15 is 0 Å². The molecule has 0 aliphatic carbocycles. The van der Waals surface area contributed by atoms with Crippen molar-refractivity contribution < 1.29 is 4.74 Å². The lowest BCUT2D eigenvalue weighted by Crippen LogP contribution is -2.09. The summed E-state index contributed by atoms with van der Waals surface area (Å²) in [5.74, 6) is 0. The van der Waals surface area contributed by atoms with Crippen molar-refractivity contribution in [1.29, 1.82) is 0 Å². The smallest absolute Gasteiger partial charge is 0.198 e. The predicted octanol–water partition coefficient (Wildman–Crippen LogP) is 0.499. The van der Waals surface area contributed by atoms with E-state index in [2.05, 4.69) is 15.5 Å². The van der Waals surface area contributed by atoms with Gasteiger partial charge < -0.3 is 10.1 Å². The molecule has 2 heterocycles. The minimum atomic E-state index is -0.0567. The Bertz CT molecular complexity index is 221. The summed E-state index contributed by atoms with van der Waals surface area (Å²) in [6.07, 6.45) is 6.85. The maximum Gasteiger partial charge on any atom is 0.198 e. The Labute approximate surface area is 57.9 Å². The Morgan fingerprint density at radius 3 is 3.20 bits per heavy atom. The summed E-state index contributed by atoms with van der Waals surface area (Å²) in [6.45, 7) is 0. The quantitative estimate of drug-likeness (QED) is 0.592. The lowest BCUT2D eigenvalue weighted by Gasteiger charge is -2.06. The van der Waals surface area contributed by atoms with Crippen LogP contribution in [0.2, 0.25) is 0 Å². The highest BCUT2D eigenvalue weighted by molar-refractivity contribution is 5.09. The first kappa shape index (κ1) is 5.34. The summed E-state index contributed by atoms with van der Waals surface area (Å²) in [7, 11) is 0. The fourth-order valence-corrected chi connectivity index (χ4v) is 0.863. The van der Waals surface area contributed by atoms with Gasteiger partial charge in [0.25, 0.3) is 0 Å². The van der Waals surface area contributed by atoms with Gasteiger partial charge in [-0.2, -0.15) is 5.10 Å². The number of hydrogen-bond acceptors (Lipinski definition) is 3. The summed E-state index contributed by atoms with van der Waals surface area (Å²) in [4.78, 5) is 0. The Morgan fingerprint density at radius 1 is 1.60 bits per heavy atom. The van der Waals surface area contributed by atoms with Crippen molar-refractivity contribution in [2.45, 2.75) is 6.23 Å². The van der Waals surface area contributed by atoms with Crippen LogP contribution in [0.4, 0.5) is 0 Å². The monoisotopic (exact) mass is 137 g/mol. The normalized spacial score (nSPS) is 22.2. The van der Waals surface area contributed by atoms with E-state index in [0.29, 0.717) is 0 Å². The van der Waals surface area contributed by atoms with E-state index in [1.54, 1.807) is 24.9 Å². The molecule has 0 saturated heterocycles. The van der Waals surface area contributed by atoms with Crippen LogP contribution in [-0.2, 0) is 4.74 Å². The molecule has 10 heavy (non-hydrogen) atoms. The average molecular weight is 137 g/mol. The molecule has 2 N–H and O–H groups in total. The van der Waals surface area contributed by atoms with Crippen molar-refractivity contribution in [2.24, 2.45) is 0 Å². The van der Waals surface area contributed by atoms with Gasteiger partial charge in [0, 0.05) is 12.4 Å². The van der Waals surface area contributed by atoms with Crippen LogP contribution in [-0.4, -0.2) is 10.2 Å². The molecule has 1 aliphatic rings. The molecular formula is C6H7N3O. The molecule has 52 valence electrons. The summed E-state index contributed by atoms with van der Waals surface area (Å²) >= 11 is 0. The van der Waals surface area contributed by atoms with Crippen LogP contribution >= 0.6 is 0 Å². The summed E-state index contributed by atoms with van der Waals surface area (Å²) in [5.41, 5.74) is 1.00. The van der Waals surface area contributed by atoms with Gasteiger partial charge in [-0.25, -0.2) is 0 Å². The Hall–Kier alpha value is -1.45. The third-order valence-electron chi connectivity index (χ3n) is 1.35. The lowest BCUT2D eigenvalue weighted by molar-refractivity contribution is 0.155. The number of rotatable bonds is 1. The number of nitrogens with one attached hydrogen (secondary N) is 2.